The summed E-state index contributed by atoms with van der Waals surface area (Å²) >= 11 is 5.39. The molecule has 0 amide bonds. The highest BCUT2D eigenvalue weighted by atomic mass is 32.1. The number of thiocarbonyl (C=S) groups is 1. The van der Waals surface area contributed by atoms with Crippen LogP contribution in [0.15, 0.2) is 29.3 Å². The van der Waals surface area contributed by atoms with Crippen LogP contribution in [-0.4, -0.2) is 30.2 Å². The minimum Gasteiger partial charge on any atom is -0.476 e. The maximum atomic E-state index is 5.45. The zero-order valence-corrected chi connectivity index (χ0v) is 12.9. The number of nitrogens with one attached hydrogen (secondary N) is 2. The van der Waals surface area contributed by atoms with E-state index in [-0.39, 0.29) is 0 Å². The smallest absolute Gasteiger partial charge is 0.216 e. The Morgan fingerprint density at radius 1 is 1.14 bits per heavy atom. The van der Waals surface area contributed by atoms with Gasteiger partial charge < -0.3 is 15.4 Å². The number of hydrogen-bond acceptors (Lipinski definition) is 3. The predicted octanol–water partition coefficient (Wildman–Crippen LogP) is 3.08. The van der Waals surface area contributed by atoms with Crippen LogP contribution >= 0.6 is 12.2 Å². The van der Waals surface area contributed by atoms with Gasteiger partial charge in [0, 0.05) is 17.3 Å². The number of benzene rings is 1. The molecule has 2 aliphatic rings. The van der Waals surface area contributed by atoms with E-state index in [0.717, 1.165) is 23.7 Å². The van der Waals surface area contributed by atoms with Crippen LogP contribution < -0.4 is 10.6 Å². The molecule has 2 N–H and O–H groups in total. The second-order valence-corrected chi connectivity index (χ2v) is 5.95. The van der Waals surface area contributed by atoms with Crippen molar-refractivity contribution >= 4 is 28.9 Å². The number of hydrogen-bond donors (Lipinski definition) is 2. The molecule has 21 heavy (non-hydrogen) atoms. The molecule has 5 heteroatoms. The molecule has 0 spiro atoms. The fourth-order valence-electron chi connectivity index (χ4n) is 2.81. The molecule has 112 valence electrons. The molecule has 1 aromatic rings. The molecule has 0 atom stereocenters. The first-order valence-electron chi connectivity index (χ1n) is 7.66. The van der Waals surface area contributed by atoms with Crippen LogP contribution in [0.25, 0.3) is 0 Å². The Kier molecular flexibility index (Phi) is 4.70. The highest BCUT2D eigenvalue weighted by Gasteiger charge is 2.14. The number of anilines is 1. The lowest BCUT2D eigenvalue weighted by Crippen LogP contribution is -2.38. The van der Waals surface area contributed by atoms with Crippen molar-refractivity contribution in [2.24, 2.45) is 4.99 Å². The van der Waals surface area contributed by atoms with Gasteiger partial charge in [0.25, 0.3) is 0 Å². The van der Waals surface area contributed by atoms with Gasteiger partial charge in [0.1, 0.15) is 6.61 Å². The molecule has 1 saturated carbocycles. The van der Waals surface area contributed by atoms with Crippen molar-refractivity contribution in [3.05, 3.63) is 29.8 Å². The lowest BCUT2D eigenvalue weighted by molar-refractivity contribution is 0.348. The van der Waals surface area contributed by atoms with E-state index in [9.17, 15) is 0 Å². The molecule has 0 aromatic heterocycles. The Balaban J connectivity index is 1.53. The SMILES string of the molecule is S=C(Nc1ccc(C2=NCCO2)cc1)NC1CCCCC1. The molecule has 1 aliphatic heterocycles. The zero-order valence-electron chi connectivity index (χ0n) is 12.1. The molecule has 1 heterocycles. The largest absolute Gasteiger partial charge is 0.476 e. The molecule has 3 rings (SSSR count). The summed E-state index contributed by atoms with van der Waals surface area (Å²) in [6.07, 6.45) is 6.40. The first kappa shape index (κ1) is 14.3. The van der Waals surface area contributed by atoms with Gasteiger partial charge in [0.2, 0.25) is 5.90 Å². The molecule has 0 bridgehead atoms. The number of aliphatic imine (C=N–C) groups is 1. The topological polar surface area (TPSA) is 45.7 Å². The summed E-state index contributed by atoms with van der Waals surface area (Å²) in [5.74, 6) is 0.740. The van der Waals surface area contributed by atoms with E-state index in [2.05, 4.69) is 15.6 Å². The summed E-state index contributed by atoms with van der Waals surface area (Å²) in [6, 6.07) is 8.56. The van der Waals surface area contributed by atoms with E-state index in [1.165, 1.54) is 32.1 Å². The van der Waals surface area contributed by atoms with Crippen molar-refractivity contribution in [2.45, 2.75) is 38.1 Å². The summed E-state index contributed by atoms with van der Waals surface area (Å²) in [4.78, 5) is 4.31. The molecule has 1 aromatic carbocycles. The van der Waals surface area contributed by atoms with Gasteiger partial charge in [-0.2, -0.15) is 0 Å². The van der Waals surface area contributed by atoms with Gasteiger partial charge in [-0.15, -0.1) is 0 Å². The molecule has 1 aliphatic carbocycles. The van der Waals surface area contributed by atoms with Crippen LogP contribution in [0.5, 0.6) is 0 Å². The molecule has 1 fully saturated rings. The van der Waals surface area contributed by atoms with Gasteiger partial charge in [-0.1, -0.05) is 19.3 Å². The summed E-state index contributed by atoms with van der Waals surface area (Å²) in [7, 11) is 0. The lowest BCUT2D eigenvalue weighted by atomic mass is 9.96. The minimum atomic E-state index is 0.527. The Morgan fingerprint density at radius 3 is 2.57 bits per heavy atom. The summed E-state index contributed by atoms with van der Waals surface area (Å²) < 4.78 is 5.45. The maximum Gasteiger partial charge on any atom is 0.216 e. The van der Waals surface area contributed by atoms with Crippen molar-refractivity contribution in [1.29, 1.82) is 0 Å². The van der Waals surface area contributed by atoms with Crippen molar-refractivity contribution in [2.75, 3.05) is 18.5 Å². The van der Waals surface area contributed by atoms with E-state index < -0.39 is 0 Å². The Morgan fingerprint density at radius 2 is 1.90 bits per heavy atom. The Bertz CT molecular complexity index is 521. The monoisotopic (exact) mass is 303 g/mol. The van der Waals surface area contributed by atoms with E-state index >= 15 is 0 Å². The van der Waals surface area contributed by atoms with Crippen molar-refractivity contribution in [3.63, 3.8) is 0 Å². The normalized spacial score (nSPS) is 18.8. The third-order valence-electron chi connectivity index (χ3n) is 3.92. The zero-order chi connectivity index (χ0) is 14.5. The van der Waals surface area contributed by atoms with Gasteiger partial charge in [0.05, 0.1) is 6.54 Å². The summed E-state index contributed by atoms with van der Waals surface area (Å²) in [5, 5.41) is 7.37. The standard InChI is InChI=1S/C16H21N3OS/c21-16(18-13-4-2-1-3-5-13)19-14-8-6-12(7-9-14)15-17-10-11-20-15/h6-9,13H,1-5,10-11H2,(H2,18,19,21). The third kappa shape index (κ3) is 3.94. The van der Waals surface area contributed by atoms with Gasteiger partial charge in [-0.25, -0.2) is 4.99 Å². The van der Waals surface area contributed by atoms with E-state index in [0.29, 0.717) is 17.8 Å². The van der Waals surface area contributed by atoms with Crippen molar-refractivity contribution in [1.82, 2.24) is 5.32 Å². The first-order chi connectivity index (χ1) is 10.3. The van der Waals surface area contributed by atoms with Crippen LogP contribution in [0, 0.1) is 0 Å². The first-order valence-corrected chi connectivity index (χ1v) is 8.07. The van der Waals surface area contributed by atoms with Crippen LogP contribution in [0.2, 0.25) is 0 Å². The third-order valence-corrected chi connectivity index (χ3v) is 4.14. The summed E-state index contributed by atoms with van der Waals surface area (Å²) in [6.45, 7) is 1.44. The number of rotatable bonds is 3. The van der Waals surface area contributed by atoms with Gasteiger partial charge in [0.15, 0.2) is 5.11 Å². The van der Waals surface area contributed by atoms with E-state index in [4.69, 9.17) is 17.0 Å². The molecular weight excluding hydrogens is 282 g/mol. The fourth-order valence-corrected chi connectivity index (χ4v) is 3.09. The maximum absolute atomic E-state index is 5.45. The molecule has 0 unspecified atom stereocenters. The Labute approximate surface area is 131 Å². The van der Waals surface area contributed by atoms with Crippen molar-refractivity contribution < 1.29 is 4.74 Å². The highest BCUT2D eigenvalue weighted by Crippen LogP contribution is 2.18. The predicted molar refractivity (Wildman–Crippen MR) is 90.0 cm³/mol. The lowest BCUT2D eigenvalue weighted by Gasteiger charge is -2.24. The molecule has 0 radical (unpaired) electrons. The van der Waals surface area contributed by atoms with Crippen molar-refractivity contribution in [3.8, 4) is 0 Å². The van der Waals surface area contributed by atoms with Crippen LogP contribution in [0.3, 0.4) is 0 Å². The number of ether oxygens (including phenoxy) is 1. The van der Waals surface area contributed by atoms with Crippen LogP contribution in [0.4, 0.5) is 5.69 Å². The van der Waals surface area contributed by atoms with Crippen LogP contribution in [-0.2, 0) is 4.74 Å². The van der Waals surface area contributed by atoms with E-state index in [1.807, 2.05) is 24.3 Å². The molecule has 4 nitrogen and oxygen atoms in total. The average Bonchev–Trinajstić information content (AvgIpc) is 3.03. The fraction of sp³-hybridized carbons (Fsp3) is 0.500. The van der Waals surface area contributed by atoms with Gasteiger partial charge in [-0.3, -0.25) is 0 Å². The van der Waals surface area contributed by atoms with Gasteiger partial charge >= 0.3 is 0 Å². The second kappa shape index (κ2) is 6.89. The molecular formula is C16H21N3OS. The Hall–Kier alpha value is -1.62. The van der Waals surface area contributed by atoms with E-state index in [1.54, 1.807) is 0 Å². The van der Waals surface area contributed by atoms with Gasteiger partial charge in [-0.05, 0) is 49.3 Å². The quantitative estimate of drug-likeness (QED) is 0.842. The molecule has 0 saturated heterocycles. The summed E-state index contributed by atoms with van der Waals surface area (Å²) in [5.41, 5.74) is 2.01. The average molecular weight is 303 g/mol. The number of nitrogens with zero attached hydrogens (tertiary/aromatic N) is 1. The van der Waals surface area contributed by atoms with Crippen LogP contribution in [0.1, 0.15) is 37.7 Å². The second-order valence-electron chi connectivity index (χ2n) is 5.55. The highest BCUT2D eigenvalue weighted by molar-refractivity contribution is 7.80. The minimum absolute atomic E-state index is 0.527.